The lowest BCUT2D eigenvalue weighted by atomic mass is 10.1. The largest absolute Gasteiger partial charge is 0.244 e. The van der Waals surface area contributed by atoms with Crippen molar-refractivity contribution in [3.8, 4) is 0 Å². The van der Waals surface area contributed by atoms with Gasteiger partial charge in [0.15, 0.2) is 0 Å². The van der Waals surface area contributed by atoms with Crippen molar-refractivity contribution in [2.24, 2.45) is 0 Å². The van der Waals surface area contributed by atoms with Crippen LogP contribution in [0.4, 0.5) is 0 Å². The van der Waals surface area contributed by atoms with Gasteiger partial charge in [-0.05, 0) is 19.4 Å². The standard InChI is InChI=1S/C8H10N2/c1-3-7(2)8-4-9-6-10-5-8/h3-6H,1-2H3. The fraction of sp³-hybridized carbons (Fsp3) is 0.250. The molecule has 0 aliphatic carbocycles. The first-order valence-corrected chi connectivity index (χ1v) is 3.23. The van der Waals surface area contributed by atoms with Crippen LogP contribution in [0, 0.1) is 0 Å². The molecular formula is C8H10N2. The molecule has 0 saturated heterocycles. The van der Waals surface area contributed by atoms with E-state index in [0.717, 1.165) is 5.56 Å². The highest BCUT2D eigenvalue weighted by atomic mass is 14.8. The summed E-state index contributed by atoms with van der Waals surface area (Å²) < 4.78 is 0. The Labute approximate surface area is 60.6 Å². The van der Waals surface area contributed by atoms with E-state index in [-0.39, 0.29) is 0 Å². The molecule has 1 aromatic rings. The highest BCUT2D eigenvalue weighted by Gasteiger charge is 1.90. The van der Waals surface area contributed by atoms with Gasteiger partial charge in [0.25, 0.3) is 0 Å². The van der Waals surface area contributed by atoms with Crippen LogP contribution in [0.25, 0.3) is 5.57 Å². The Morgan fingerprint density at radius 3 is 2.50 bits per heavy atom. The molecule has 1 aromatic heterocycles. The fourth-order valence-electron chi connectivity index (χ4n) is 0.669. The Hall–Kier alpha value is -1.18. The van der Waals surface area contributed by atoms with Gasteiger partial charge < -0.3 is 0 Å². The van der Waals surface area contributed by atoms with Crippen LogP contribution in [0.1, 0.15) is 19.4 Å². The molecule has 0 unspecified atom stereocenters. The molecule has 0 spiro atoms. The van der Waals surface area contributed by atoms with Crippen LogP contribution < -0.4 is 0 Å². The predicted molar refractivity (Wildman–Crippen MR) is 41.4 cm³/mol. The van der Waals surface area contributed by atoms with E-state index in [9.17, 15) is 0 Å². The molecule has 0 amide bonds. The zero-order chi connectivity index (χ0) is 7.40. The first-order valence-electron chi connectivity index (χ1n) is 3.23. The van der Waals surface area contributed by atoms with Gasteiger partial charge in [0.2, 0.25) is 0 Å². The summed E-state index contributed by atoms with van der Waals surface area (Å²) in [6.07, 6.45) is 7.19. The molecule has 0 bridgehead atoms. The maximum atomic E-state index is 3.90. The third-order valence-corrected chi connectivity index (χ3v) is 1.45. The fourth-order valence-corrected chi connectivity index (χ4v) is 0.669. The monoisotopic (exact) mass is 134 g/mol. The number of hydrogen-bond acceptors (Lipinski definition) is 2. The average Bonchev–Trinajstić information content (AvgIpc) is 2.05. The minimum atomic E-state index is 1.09. The van der Waals surface area contributed by atoms with Crippen molar-refractivity contribution in [1.29, 1.82) is 0 Å². The summed E-state index contributed by atoms with van der Waals surface area (Å²) in [6, 6.07) is 0. The lowest BCUT2D eigenvalue weighted by molar-refractivity contribution is 1.15. The van der Waals surface area contributed by atoms with Gasteiger partial charge in [0.1, 0.15) is 6.33 Å². The summed E-state index contributed by atoms with van der Waals surface area (Å²) in [5, 5.41) is 0. The van der Waals surface area contributed by atoms with Crippen molar-refractivity contribution < 1.29 is 0 Å². The van der Waals surface area contributed by atoms with Gasteiger partial charge in [-0.2, -0.15) is 0 Å². The van der Waals surface area contributed by atoms with Crippen LogP contribution in [-0.2, 0) is 0 Å². The lowest BCUT2D eigenvalue weighted by Gasteiger charge is -1.95. The third-order valence-electron chi connectivity index (χ3n) is 1.45. The maximum absolute atomic E-state index is 3.90. The van der Waals surface area contributed by atoms with Crippen molar-refractivity contribution in [3.63, 3.8) is 0 Å². The van der Waals surface area contributed by atoms with Gasteiger partial charge in [-0.25, -0.2) is 9.97 Å². The zero-order valence-electron chi connectivity index (χ0n) is 6.20. The number of allylic oxidation sites excluding steroid dienone is 2. The highest BCUT2D eigenvalue weighted by molar-refractivity contribution is 5.61. The molecule has 0 aliphatic heterocycles. The maximum Gasteiger partial charge on any atom is 0.115 e. The van der Waals surface area contributed by atoms with Crippen LogP contribution in [0.2, 0.25) is 0 Å². The van der Waals surface area contributed by atoms with Gasteiger partial charge in [-0.15, -0.1) is 0 Å². The molecule has 0 atom stereocenters. The second-order valence-electron chi connectivity index (χ2n) is 2.10. The quantitative estimate of drug-likeness (QED) is 0.586. The minimum absolute atomic E-state index is 1.09. The molecule has 10 heavy (non-hydrogen) atoms. The summed E-state index contributed by atoms with van der Waals surface area (Å²) in [5.41, 5.74) is 2.30. The van der Waals surface area contributed by atoms with Crippen LogP contribution >= 0.6 is 0 Å². The highest BCUT2D eigenvalue weighted by Crippen LogP contribution is 2.08. The zero-order valence-corrected chi connectivity index (χ0v) is 6.20. The molecule has 0 radical (unpaired) electrons. The Kier molecular flexibility index (Phi) is 2.15. The van der Waals surface area contributed by atoms with E-state index in [1.165, 1.54) is 11.9 Å². The van der Waals surface area contributed by atoms with Crippen molar-refractivity contribution >= 4 is 5.57 Å². The van der Waals surface area contributed by atoms with E-state index >= 15 is 0 Å². The summed E-state index contributed by atoms with van der Waals surface area (Å²) >= 11 is 0. The summed E-state index contributed by atoms with van der Waals surface area (Å²) in [6.45, 7) is 4.04. The van der Waals surface area contributed by atoms with Crippen molar-refractivity contribution in [2.45, 2.75) is 13.8 Å². The molecule has 2 nitrogen and oxygen atoms in total. The molecule has 1 heterocycles. The van der Waals surface area contributed by atoms with Crippen LogP contribution in [0.15, 0.2) is 24.8 Å². The SMILES string of the molecule is CC=C(C)c1cncnc1. The second-order valence-corrected chi connectivity index (χ2v) is 2.10. The molecule has 52 valence electrons. The summed E-state index contributed by atoms with van der Waals surface area (Å²) in [5.74, 6) is 0. The predicted octanol–water partition coefficient (Wildman–Crippen LogP) is 1.90. The van der Waals surface area contributed by atoms with Crippen molar-refractivity contribution in [2.75, 3.05) is 0 Å². The Bertz CT molecular complexity index is 226. The normalized spacial score (nSPS) is 11.6. The summed E-state index contributed by atoms with van der Waals surface area (Å²) in [7, 11) is 0. The van der Waals surface area contributed by atoms with Gasteiger partial charge in [-0.1, -0.05) is 6.08 Å². The molecular weight excluding hydrogens is 124 g/mol. The average molecular weight is 134 g/mol. The molecule has 1 rings (SSSR count). The Balaban J connectivity index is 2.96. The first kappa shape index (κ1) is 6.93. The molecule has 0 aromatic carbocycles. The van der Waals surface area contributed by atoms with E-state index in [1.807, 2.05) is 32.3 Å². The van der Waals surface area contributed by atoms with Gasteiger partial charge in [0.05, 0.1) is 0 Å². The Morgan fingerprint density at radius 2 is 2.00 bits per heavy atom. The van der Waals surface area contributed by atoms with E-state index in [4.69, 9.17) is 0 Å². The van der Waals surface area contributed by atoms with E-state index in [2.05, 4.69) is 9.97 Å². The number of rotatable bonds is 1. The number of nitrogens with zero attached hydrogens (tertiary/aromatic N) is 2. The Morgan fingerprint density at radius 1 is 1.40 bits per heavy atom. The summed E-state index contributed by atoms with van der Waals surface area (Å²) in [4.78, 5) is 7.80. The number of aromatic nitrogens is 2. The second kappa shape index (κ2) is 3.11. The van der Waals surface area contributed by atoms with Gasteiger partial charge in [0, 0.05) is 18.0 Å². The smallest absolute Gasteiger partial charge is 0.115 e. The first-order chi connectivity index (χ1) is 4.84. The third kappa shape index (κ3) is 1.41. The van der Waals surface area contributed by atoms with Gasteiger partial charge >= 0.3 is 0 Å². The van der Waals surface area contributed by atoms with Gasteiger partial charge in [-0.3, -0.25) is 0 Å². The lowest BCUT2D eigenvalue weighted by Crippen LogP contribution is -1.82. The molecule has 2 heteroatoms. The molecule has 0 saturated carbocycles. The van der Waals surface area contributed by atoms with Crippen molar-refractivity contribution in [1.82, 2.24) is 9.97 Å². The minimum Gasteiger partial charge on any atom is -0.244 e. The van der Waals surface area contributed by atoms with E-state index in [1.54, 1.807) is 0 Å². The topological polar surface area (TPSA) is 25.8 Å². The number of hydrogen-bond donors (Lipinski definition) is 0. The van der Waals surface area contributed by atoms with Crippen LogP contribution in [0.5, 0.6) is 0 Å². The molecule has 0 aliphatic rings. The molecule has 0 N–H and O–H groups in total. The van der Waals surface area contributed by atoms with Crippen molar-refractivity contribution in [3.05, 3.63) is 30.4 Å². The van der Waals surface area contributed by atoms with E-state index < -0.39 is 0 Å². The van der Waals surface area contributed by atoms with Crippen LogP contribution in [0.3, 0.4) is 0 Å². The van der Waals surface area contributed by atoms with Crippen LogP contribution in [-0.4, -0.2) is 9.97 Å². The molecule has 0 fully saturated rings. The van der Waals surface area contributed by atoms with E-state index in [0.29, 0.717) is 0 Å².